The second-order valence-corrected chi connectivity index (χ2v) is 5.52. The van der Waals surface area contributed by atoms with Gasteiger partial charge in [-0.1, -0.05) is 26.7 Å². The van der Waals surface area contributed by atoms with Crippen LogP contribution in [0, 0.1) is 12.3 Å². The minimum atomic E-state index is -0.0158. The van der Waals surface area contributed by atoms with Gasteiger partial charge >= 0.3 is 0 Å². The van der Waals surface area contributed by atoms with Crippen molar-refractivity contribution in [1.29, 1.82) is 0 Å². The van der Waals surface area contributed by atoms with E-state index in [1.54, 1.807) is 0 Å². The average molecular weight is 217 g/mol. The Morgan fingerprint density at radius 3 is 2.56 bits per heavy atom. The molecule has 1 aromatic heterocycles. The Hall–Kier alpha value is -1.43. The fourth-order valence-corrected chi connectivity index (χ4v) is 1.97. The minimum Gasteiger partial charge on any atom is -0.384 e. The molecule has 0 atom stereocenters. The monoisotopic (exact) mass is 217 g/mol. The van der Waals surface area contributed by atoms with E-state index >= 15 is 0 Å². The van der Waals surface area contributed by atoms with E-state index in [9.17, 15) is 0 Å². The van der Waals surface area contributed by atoms with Crippen LogP contribution in [0.4, 0.5) is 5.82 Å². The number of anilines is 1. The van der Waals surface area contributed by atoms with Crippen LogP contribution in [0.3, 0.4) is 0 Å². The molecule has 0 amide bonds. The van der Waals surface area contributed by atoms with E-state index in [0.29, 0.717) is 12.5 Å². The molecule has 16 heavy (non-hydrogen) atoms. The number of nitrogen functional groups attached to an aromatic ring is 1. The average Bonchev–Trinajstić information content (AvgIpc) is 2.94. The molecule has 86 valence electrons. The number of imidazole rings is 1. The molecule has 0 spiro atoms. The van der Waals surface area contributed by atoms with Crippen LogP contribution < -0.4 is 5.73 Å². The zero-order valence-electron chi connectivity index (χ0n) is 10.2. The van der Waals surface area contributed by atoms with Crippen LogP contribution in [-0.2, 0) is 12.0 Å². The van der Waals surface area contributed by atoms with Gasteiger partial charge in [0.15, 0.2) is 0 Å². The quantitative estimate of drug-likeness (QED) is 0.772. The summed E-state index contributed by atoms with van der Waals surface area (Å²) in [5.74, 6) is 5.00. The van der Waals surface area contributed by atoms with Gasteiger partial charge in [-0.15, -0.1) is 6.42 Å². The number of terminal acetylenes is 1. The van der Waals surface area contributed by atoms with Crippen LogP contribution in [0.2, 0.25) is 0 Å². The van der Waals surface area contributed by atoms with E-state index in [2.05, 4.69) is 26.7 Å². The minimum absolute atomic E-state index is 0.0158. The van der Waals surface area contributed by atoms with E-state index in [-0.39, 0.29) is 5.41 Å². The maximum Gasteiger partial charge on any atom is 0.127 e. The van der Waals surface area contributed by atoms with Gasteiger partial charge in [0.05, 0.1) is 12.2 Å². The molecule has 3 heteroatoms. The third-order valence-electron chi connectivity index (χ3n) is 2.92. The van der Waals surface area contributed by atoms with Crippen molar-refractivity contribution < 1.29 is 0 Å². The van der Waals surface area contributed by atoms with Crippen LogP contribution in [-0.4, -0.2) is 9.55 Å². The van der Waals surface area contributed by atoms with Crippen LogP contribution in [0.25, 0.3) is 0 Å². The molecule has 2 N–H and O–H groups in total. The molecule has 1 aromatic rings. The van der Waals surface area contributed by atoms with Crippen molar-refractivity contribution in [2.45, 2.75) is 51.5 Å². The molecule has 1 aliphatic rings. The van der Waals surface area contributed by atoms with Gasteiger partial charge in [0.1, 0.15) is 11.6 Å². The topological polar surface area (TPSA) is 43.8 Å². The molecule has 1 fully saturated rings. The SMILES string of the molecule is C#CCn1c(C(C)(C)C)nc(C2CC2)c1N. The third-order valence-corrected chi connectivity index (χ3v) is 2.92. The highest BCUT2D eigenvalue weighted by Crippen LogP contribution is 2.43. The van der Waals surface area contributed by atoms with Gasteiger partial charge < -0.3 is 10.3 Å². The van der Waals surface area contributed by atoms with Gasteiger partial charge in [0.25, 0.3) is 0 Å². The lowest BCUT2D eigenvalue weighted by atomic mass is 9.95. The molecular formula is C13H19N3. The van der Waals surface area contributed by atoms with E-state index in [1.165, 1.54) is 12.8 Å². The van der Waals surface area contributed by atoms with Crippen LogP contribution >= 0.6 is 0 Å². The van der Waals surface area contributed by atoms with E-state index in [1.807, 2.05) is 4.57 Å². The zero-order valence-corrected chi connectivity index (χ0v) is 10.2. The first-order valence-corrected chi connectivity index (χ1v) is 5.75. The van der Waals surface area contributed by atoms with Gasteiger partial charge in [-0.3, -0.25) is 0 Å². The van der Waals surface area contributed by atoms with Crippen LogP contribution in [0.5, 0.6) is 0 Å². The lowest BCUT2D eigenvalue weighted by Crippen LogP contribution is -2.19. The summed E-state index contributed by atoms with van der Waals surface area (Å²) in [6.07, 6.45) is 7.81. The maximum absolute atomic E-state index is 6.13. The number of nitrogens with two attached hydrogens (primary N) is 1. The Morgan fingerprint density at radius 1 is 1.50 bits per heavy atom. The van der Waals surface area contributed by atoms with Crippen molar-refractivity contribution in [3.63, 3.8) is 0 Å². The predicted molar refractivity (Wildman–Crippen MR) is 66.1 cm³/mol. The number of rotatable bonds is 2. The Balaban J connectivity index is 2.50. The first kappa shape index (κ1) is 11.1. The Labute approximate surface area is 97.1 Å². The molecule has 0 aliphatic heterocycles. The molecule has 0 bridgehead atoms. The highest BCUT2D eigenvalue weighted by Gasteiger charge is 2.32. The van der Waals surface area contributed by atoms with E-state index in [0.717, 1.165) is 17.3 Å². The Morgan fingerprint density at radius 2 is 2.12 bits per heavy atom. The summed E-state index contributed by atoms with van der Waals surface area (Å²) in [5.41, 5.74) is 7.17. The largest absolute Gasteiger partial charge is 0.384 e. The summed E-state index contributed by atoms with van der Waals surface area (Å²) in [4.78, 5) is 4.70. The van der Waals surface area contributed by atoms with Crippen molar-refractivity contribution in [2.75, 3.05) is 5.73 Å². The summed E-state index contributed by atoms with van der Waals surface area (Å²) in [6, 6.07) is 0. The normalized spacial score (nSPS) is 16.1. The zero-order chi connectivity index (χ0) is 11.9. The van der Waals surface area contributed by atoms with Gasteiger partial charge in [0.2, 0.25) is 0 Å². The van der Waals surface area contributed by atoms with Gasteiger partial charge in [-0.25, -0.2) is 4.98 Å². The molecule has 1 saturated carbocycles. The third kappa shape index (κ3) is 1.80. The molecule has 0 radical (unpaired) electrons. The van der Waals surface area contributed by atoms with Crippen molar-refractivity contribution >= 4 is 5.82 Å². The molecule has 0 aromatic carbocycles. The number of hydrogen-bond acceptors (Lipinski definition) is 2. The predicted octanol–water partition coefficient (Wildman–Crippen LogP) is 2.27. The van der Waals surface area contributed by atoms with Crippen molar-refractivity contribution in [2.24, 2.45) is 0 Å². The van der Waals surface area contributed by atoms with Crippen molar-refractivity contribution in [3.8, 4) is 12.3 Å². The number of hydrogen-bond donors (Lipinski definition) is 1. The van der Waals surface area contributed by atoms with Crippen LogP contribution in [0.1, 0.15) is 51.0 Å². The van der Waals surface area contributed by atoms with E-state index in [4.69, 9.17) is 17.1 Å². The van der Waals surface area contributed by atoms with Gasteiger partial charge in [-0.2, -0.15) is 0 Å². The molecule has 0 saturated heterocycles. The summed E-state index contributed by atoms with van der Waals surface area (Å²) in [6.45, 7) is 6.92. The smallest absolute Gasteiger partial charge is 0.127 e. The highest BCUT2D eigenvalue weighted by molar-refractivity contribution is 5.44. The van der Waals surface area contributed by atoms with Crippen molar-refractivity contribution in [1.82, 2.24) is 9.55 Å². The molecule has 1 aliphatic carbocycles. The lowest BCUT2D eigenvalue weighted by Gasteiger charge is -2.19. The standard InChI is InChI=1S/C13H19N3/c1-5-8-16-11(14)10(9-6-7-9)15-12(16)13(2,3)4/h1,9H,6-8,14H2,2-4H3. The molecular weight excluding hydrogens is 198 g/mol. The van der Waals surface area contributed by atoms with Crippen molar-refractivity contribution in [3.05, 3.63) is 11.5 Å². The fraction of sp³-hybridized carbons (Fsp3) is 0.615. The summed E-state index contributed by atoms with van der Waals surface area (Å²) in [5, 5.41) is 0. The summed E-state index contributed by atoms with van der Waals surface area (Å²) >= 11 is 0. The highest BCUT2D eigenvalue weighted by atomic mass is 15.2. The number of aromatic nitrogens is 2. The lowest BCUT2D eigenvalue weighted by molar-refractivity contribution is 0.516. The van der Waals surface area contributed by atoms with Gasteiger partial charge in [-0.05, 0) is 12.8 Å². The first-order valence-electron chi connectivity index (χ1n) is 5.75. The second kappa shape index (κ2) is 3.55. The Kier molecular flexibility index (Phi) is 2.46. The summed E-state index contributed by atoms with van der Waals surface area (Å²) < 4.78 is 1.98. The number of nitrogens with zero attached hydrogens (tertiary/aromatic N) is 2. The molecule has 2 rings (SSSR count). The fourth-order valence-electron chi connectivity index (χ4n) is 1.97. The first-order chi connectivity index (χ1) is 7.45. The summed E-state index contributed by atoms with van der Waals surface area (Å²) in [7, 11) is 0. The van der Waals surface area contributed by atoms with E-state index < -0.39 is 0 Å². The van der Waals surface area contributed by atoms with Crippen LogP contribution in [0.15, 0.2) is 0 Å². The molecule has 1 heterocycles. The second-order valence-electron chi connectivity index (χ2n) is 5.52. The molecule has 0 unspecified atom stereocenters. The molecule has 3 nitrogen and oxygen atoms in total. The maximum atomic E-state index is 6.13. The Bertz CT molecular complexity index is 439. The van der Waals surface area contributed by atoms with Gasteiger partial charge in [0, 0.05) is 11.3 Å².